The third-order valence-electron chi connectivity index (χ3n) is 3.55. The zero-order valence-electron chi connectivity index (χ0n) is 11.2. The summed E-state index contributed by atoms with van der Waals surface area (Å²) in [4.78, 5) is 25.7. The Balaban J connectivity index is 2.07. The van der Waals surface area contributed by atoms with Crippen molar-refractivity contribution < 1.29 is 9.59 Å². The Morgan fingerprint density at radius 1 is 1.05 bits per heavy atom. The van der Waals surface area contributed by atoms with E-state index in [0.717, 1.165) is 5.56 Å². The molecular weight excluding hydrogens is 309 g/mol. The lowest BCUT2D eigenvalue weighted by atomic mass is 10.1. The molecule has 106 valence electrons. The summed E-state index contributed by atoms with van der Waals surface area (Å²) < 4.78 is 0. The van der Waals surface area contributed by atoms with E-state index in [9.17, 15) is 9.59 Å². The summed E-state index contributed by atoms with van der Waals surface area (Å²) in [5, 5.41) is 0.832. The van der Waals surface area contributed by atoms with Crippen molar-refractivity contribution in [2.24, 2.45) is 0 Å². The van der Waals surface area contributed by atoms with Crippen LogP contribution in [0.5, 0.6) is 0 Å². The largest absolute Gasteiger partial charge is 0.300 e. The highest BCUT2D eigenvalue weighted by molar-refractivity contribution is 6.52. The lowest BCUT2D eigenvalue weighted by Crippen LogP contribution is -2.29. The van der Waals surface area contributed by atoms with E-state index in [1.807, 2.05) is 13.0 Å². The average molecular weight is 320 g/mol. The highest BCUT2D eigenvalue weighted by Crippen LogP contribution is 2.35. The van der Waals surface area contributed by atoms with Crippen LogP contribution in [0.25, 0.3) is 0 Å². The van der Waals surface area contributed by atoms with Crippen molar-refractivity contribution in [3.8, 4) is 0 Å². The van der Waals surface area contributed by atoms with E-state index in [4.69, 9.17) is 23.2 Å². The number of hydrogen-bond acceptors (Lipinski definition) is 2. The number of carbonyl (C=O) groups is 2. The molecule has 0 atom stereocenters. The highest BCUT2D eigenvalue weighted by atomic mass is 35.5. The predicted octanol–water partition coefficient (Wildman–Crippen LogP) is 4.03. The van der Waals surface area contributed by atoms with E-state index in [2.05, 4.69) is 0 Å². The maximum atomic E-state index is 12.2. The van der Waals surface area contributed by atoms with E-state index in [-0.39, 0.29) is 6.54 Å². The van der Waals surface area contributed by atoms with Crippen LogP contribution in [0, 0.1) is 6.92 Å². The van der Waals surface area contributed by atoms with Gasteiger partial charge in [-0.25, -0.2) is 0 Å². The smallest absolute Gasteiger partial charge is 0.299 e. The van der Waals surface area contributed by atoms with Gasteiger partial charge in [-0.15, -0.1) is 0 Å². The number of nitrogens with zero attached hydrogens (tertiary/aromatic N) is 1. The SMILES string of the molecule is Cc1cccc2c1N(Cc1cccc(Cl)c1Cl)C(=O)C2=O. The molecule has 1 heterocycles. The first kappa shape index (κ1) is 14.1. The number of aryl methyl sites for hydroxylation is 1. The van der Waals surface area contributed by atoms with Crippen molar-refractivity contribution in [2.45, 2.75) is 13.5 Å². The molecule has 1 amide bonds. The van der Waals surface area contributed by atoms with Gasteiger partial charge in [-0.3, -0.25) is 9.59 Å². The number of para-hydroxylation sites is 1. The number of fused-ring (bicyclic) bond motifs is 1. The molecule has 2 aromatic carbocycles. The van der Waals surface area contributed by atoms with Crippen LogP contribution in [-0.2, 0) is 11.3 Å². The number of anilines is 1. The molecule has 0 unspecified atom stereocenters. The number of Topliss-reactive ketones (excluding diaryl/α,β-unsaturated/α-hetero) is 1. The predicted molar refractivity (Wildman–Crippen MR) is 83.2 cm³/mol. The van der Waals surface area contributed by atoms with Gasteiger partial charge in [0.15, 0.2) is 0 Å². The Morgan fingerprint density at radius 3 is 2.52 bits per heavy atom. The second kappa shape index (κ2) is 5.17. The van der Waals surface area contributed by atoms with Crippen LogP contribution in [0.1, 0.15) is 21.5 Å². The number of amides is 1. The van der Waals surface area contributed by atoms with Gasteiger partial charge in [0.25, 0.3) is 11.7 Å². The molecule has 0 aromatic heterocycles. The number of rotatable bonds is 2. The first-order valence-electron chi connectivity index (χ1n) is 6.39. The number of hydrogen-bond donors (Lipinski definition) is 0. The molecule has 1 aliphatic rings. The van der Waals surface area contributed by atoms with Gasteiger partial charge in [0.1, 0.15) is 0 Å². The van der Waals surface area contributed by atoms with Crippen molar-refractivity contribution >= 4 is 40.6 Å². The summed E-state index contributed by atoms with van der Waals surface area (Å²) >= 11 is 12.2. The third-order valence-corrected chi connectivity index (χ3v) is 4.41. The topological polar surface area (TPSA) is 37.4 Å². The highest BCUT2D eigenvalue weighted by Gasteiger charge is 2.36. The summed E-state index contributed by atoms with van der Waals surface area (Å²) in [7, 11) is 0. The van der Waals surface area contributed by atoms with Crippen LogP contribution in [0.2, 0.25) is 10.0 Å². The maximum Gasteiger partial charge on any atom is 0.299 e. The van der Waals surface area contributed by atoms with Gasteiger partial charge in [-0.05, 0) is 30.2 Å². The van der Waals surface area contributed by atoms with E-state index < -0.39 is 11.7 Å². The fraction of sp³-hybridized carbons (Fsp3) is 0.125. The standard InChI is InChI=1S/C16H11Cl2NO2/c1-9-4-2-6-11-14(9)19(16(21)15(11)20)8-10-5-3-7-12(17)13(10)18/h2-7H,8H2,1H3. The molecule has 0 fully saturated rings. The quantitative estimate of drug-likeness (QED) is 0.784. The van der Waals surface area contributed by atoms with Crippen LogP contribution < -0.4 is 4.90 Å². The van der Waals surface area contributed by atoms with Crippen molar-refractivity contribution in [3.63, 3.8) is 0 Å². The second-order valence-corrected chi connectivity index (χ2v) is 5.69. The molecule has 0 bridgehead atoms. The maximum absolute atomic E-state index is 12.2. The van der Waals surface area contributed by atoms with E-state index >= 15 is 0 Å². The Kier molecular flexibility index (Phi) is 3.47. The molecule has 2 aromatic rings. The molecule has 21 heavy (non-hydrogen) atoms. The molecule has 3 rings (SSSR count). The monoisotopic (exact) mass is 319 g/mol. The Bertz CT molecular complexity index is 771. The van der Waals surface area contributed by atoms with Crippen LogP contribution in [0.3, 0.4) is 0 Å². The average Bonchev–Trinajstić information content (AvgIpc) is 2.70. The molecule has 0 spiro atoms. The lowest BCUT2D eigenvalue weighted by Gasteiger charge is -2.19. The lowest BCUT2D eigenvalue weighted by molar-refractivity contribution is -0.114. The minimum absolute atomic E-state index is 0.224. The van der Waals surface area contributed by atoms with Crippen molar-refractivity contribution in [1.82, 2.24) is 0 Å². The Hall–Kier alpha value is -1.84. The van der Waals surface area contributed by atoms with Gasteiger partial charge < -0.3 is 4.90 Å². The van der Waals surface area contributed by atoms with Crippen LogP contribution in [0.15, 0.2) is 36.4 Å². The summed E-state index contributed by atoms with van der Waals surface area (Å²) in [5.41, 5.74) is 2.69. The zero-order chi connectivity index (χ0) is 15.1. The minimum Gasteiger partial charge on any atom is -0.300 e. The first-order chi connectivity index (χ1) is 10.0. The first-order valence-corrected chi connectivity index (χ1v) is 7.15. The number of halogens is 2. The molecule has 3 nitrogen and oxygen atoms in total. The summed E-state index contributed by atoms with van der Waals surface area (Å²) in [6.45, 7) is 2.10. The van der Waals surface area contributed by atoms with Gasteiger partial charge in [0.2, 0.25) is 0 Å². The molecule has 0 N–H and O–H groups in total. The fourth-order valence-electron chi connectivity index (χ4n) is 2.53. The van der Waals surface area contributed by atoms with Gasteiger partial charge in [-0.2, -0.15) is 0 Å². The van der Waals surface area contributed by atoms with Crippen LogP contribution in [-0.4, -0.2) is 11.7 Å². The molecule has 1 aliphatic heterocycles. The summed E-state index contributed by atoms with van der Waals surface area (Å²) in [5.74, 6) is -1.01. The van der Waals surface area contributed by atoms with Crippen LogP contribution >= 0.6 is 23.2 Å². The number of ketones is 1. The van der Waals surface area contributed by atoms with Crippen LogP contribution in [0.4, 0.5) is 5.69 Å². The van der Waals surface area contributed by atoms with E-state index in [1.54, 1.807) is 30.3 Å². The number of benzene rings is 2. The van der Waals surface area contributed by atoms with E-state index in [0.29, 0.717) is 26.9 Å². The van der Waals surface area contributed by atoms with Crippen molar-refractivity contribution in [1.29, 1.82) is 0 Å². The Morgan fingerprint density at radius 2 is 1.76 bits per heavy atom. The van der Waals surface area contributed by atoms with Gasteiger partial charge in [0, 0.05) is 0 Å². The molecule has 0 saturated heterocycles. The summed E-state index contributed by atoms with van der Waals surface area (Å²) in [6.07, 6.45) is 0. The molecule has 0 radical (unpaired) electrons. The minimum atomic E-state index is -0.532. The van der Waals surface area contributed by atoms with E-state index in [1.165, 1.54) is 4.90 Å². The number of carbonyl (C=O) groups excluding carboxylic acids is 2. The molecular formula is C16H11Cl2NO2. The molecule has 0 saturated carbocycles. The molecule has 0 aliphatic carbocycles. The zero-order valence-corrected chi connectivity index (χ0v) is 12.7. The van der Waals surface area contributed by atoms with Gasteiger partial charge >= 0.3 is 0 Å². The third kappa shape index (κ3) is 2.23. The normalized spacial score (nSPS) is 13.8. The molecule has 5 heteroatoms. The van der Waals surface area contributed by atoms with Gasteiger partial charge in [-0.1, -0.05) is 47.5 Å². The Labute approximate surface area is 132 Å². The van der Waals surface area contributed by atoms with Gasteiger partial charge in [0.05, 0.1) is 27.8 Å². The fourth-order valence-corrected chi connectivity index (χ4v) is 2.91. The summed E-state index contributed by atoms with van der Waals surface area (Å²) in [6, 6.07) is 10.6. The van der Waals surface area contributed by atoms with Crippen molar-refractivity contribution in [2.75, 3.05) is 4.90 Å². The second-order valence-electron chi connectivity index (χ2n) is 4.90. The van der Waals surface area contributed by atoms with Crippen molar-refractivity contribution in [3.05, 3.63) is 63.1 Å².